The van der Waals surface area contributed by atoms with Crippen LogP contribution in [0.5, 0.6) is 0 Å². The van der Waals surface area contributed by atoms with E-state index >= 15 is 0 Å². The van der Waals surface area contributed by atoms with Gasteiger partial charge in [-0.1, -0.05) is 37.1 Å². The molecule has 0 saturated heterocycles. The first kappa shape index (κ1) is 14.1. The second kappa shape index (κ2) is 6.73. The monoisotopic (exact) mass is 273 g/mol. The van der Waals surface area contributed by atoms with Crippen LogP contribution in [0, 0.1) is 11.8 Å². The molecule has 0 radical (unpaired) electrons. The standard InChI is InChI=1S/C18H27NO/c20-13-18-6-2-1-5-17(18)12-19-11-14-4-3-7-16(10-14)15-8-9-15/h3-4,7,10,15,17-20H,1-2,5-6,8-9,11-13H2. The van der Waals surface area contributed by atoms with Gasteiger partial charge >= 0.3 is 0 Å². The molecule has 2 fully saturated rings. The average molecular weight is 273 g/mol. The van der Waals surface area contributed by atoms with E-state index in [1.165, 1.54) is 49.7 Å². The summed E-state index contributed by atoms with van der Waals surface area (Å²) >= 11 is 0. The van der Waals surface area contributed by atoms with Gasteiger partial charge in [-0.3, -0.25) is 0 Å². The highest BCUT2D eigenvalue weighted by Gasteiger charge is 2.24. The van der Waals surface area contributed by atoms with Crippen LogP contribution < -0.4 is 5.32 Å². The fraction of sp³-hybridized carbons (Fsp3) is 0.667. The number of rotatable bonds is 6. The maximum absolute atomic E-state index is 9.45. The van der Waals surface area contributed by atoms with Gasteiger partial charge in [0, 0.05) is 13.2 Å². The van der Waals surface area contributed by atoms with E-state index in [1.54, 1.807) is 0 Å². The van der Waals surface area contributed by atoms with Crippen molar-refractivity contribution in [3.63, 3.8) is 0 Å². The Hall–Kier alpha value is -0.860. The van der Waals surface area contributed by atoms with Crippen molar-refractivity contribution in [1.29, 1.82) is 0 Å². The van der Waals surface area contributed by atoms with E-state index < -0.39 is 0 Å². The quantitative estimate of drug-likeness (QED) is 0.832. The molecule has 2 atom stereocenters. The second-order valence-electron chi connectivity index (χ2n) is 6.64. The largest absolute Gasteiger partial charge is 0.396 e. The highest BCUT2D eigenvalue weighted by molar-refractivity contribution is 5.29. The SMILES string of the molecule is OCC1CCCCC1CNCc1cccc(C2CC2)c1. The number of hydrogen-bond acceptors (Lipinski definition) is 2. The van der Waals surface area contributed by atoms with E-state index in [4.69, 9.17) is 0 Å². The van der Waals surface area contributed by atoms with Crippen molar-refractivity contribution in [3.05, 3.63) is 35.4 Å². The van der Waals surface area contributed by atoms with E-state index in [-0.39, 0.29) is 0 Å². The molecule has 1 aromatic carbocycles. The normalized spacial score (nSPS) is 26.6. The van der Waals surface area contributed by atoms with Crippen LogP contribution in [0.4, 0.5) is 0 Å². The van der Waals surface area contributed by atoms with Gasteiger partial charge in [-0.05, 0) is 61.1 Å². The molecule has 1 aromatic rings. The zero-order valence-electron chi connectivity index (χ0n) is 12.4. The van der Waals surface area contributed by atoms with Gasteiger partial charge in [-0.25, -0.2) is 0 Å². The van der Waals surface area contributed by atoms with Gasteiger partial charge in [0.2, 0.25) is 0 Å². The lowest BCUT2D eigenvalue weighted by molar-refractivity contribution is 0.133. The summed E-state index contributed by atoms with van der Waals surface area (Å²) in [4.78, 5) is 0. The maximum Gasteiger partial charge on any atom is 0.0462 e. The van der Waals surface area contributed by atoms with Gasteiger partial charge in [0.1, 0.15) is 0 Å². The Kier molecular flexibility index (Phi) is 4.74. The minimum absolute atomic E-state index is 0.365. The lowest BCUT2D eigenvalue weighted by Gasteiger charge is -2.30. The van der Waals surface area contributed by atoms with Crippen LogP contribution in [0.1, 0.15) is 55.6 Å². The minimum atomic E-state index is 0.365. The van der Waals surface area contributed by atoms with Crippen molar-refractivity contribution in [3.8, 4) is 0 Å². The fourth-order valence-electron chi connectivity index (χ4n) is 3.57. The molecule has 2 aliphatic carbocycles. The lowest BCUT2D eigenvalue weighted by Crippen LogP contribution is -2.32. The van der Waals surface area contributed by atoms with Crippen molar-refractivity contribution in [1.82, 2.24) is 5.32 Å². The van der Waals surface area contributed by atoms with Crippen molar-refractivity contribution in [2.75, 3.05) is 13.2 Å². The van der Waals surface area contributed by atoms with E-state index in [2.05, 4.69) is 29.6 Å². The van der Waals surface area contributed by atoms with E-state index in [1.807, 2.05) is 0 Å². The molecule has 110 valence electrons. The molecular formula is C18H27NO. The predicted octanol–water partition coefficient (Wildman–Crippen LogP) is 3.45. The molecule has 2 aliphatic rings. The number of aliphatic hydroxyl groups is 1. The molecule has 2 N–H and O–H groups in total. The third kappa shape index (κ3) is 3.62. The lowest BCUT2D eigenvalue weighted by atomic mass is 9.79. The summed E-state index contributed by atoms with van der Waals surface area (Å²) in [6.45, 7) is 2.39. The topological polar surface area (TPSA) is 32.3 Å². The highest BCUT2D eigenvalue weighted by Crippen LogP contribution is 2.40. The molecule has 2 saturated carbocycles. The number of aliphatic hydroxyl groups excluding tert-OH is 1. The summed E-state index contributed by atoms with van der Waals surface area (Å²) in [6.07, 6.45) is 7.86. The van der Waals surface area contributed by atoms with Crippen molar-refractivity contribution in [2.24, 2.45) is 11.8 Å². The van der Waals surface area contributed by atoms with Gasteiger partial charge in [-0.2, -0.15) is 0 Å². The summed E-state index contributed by atoms with van der Waals surface area (Å²) in [7, 11) is 0. The molecule has 0 amide bonds. The Morgan fingerprint density at radius 1 is 1.05 bits per heavy atom. The molecule has 2 unspecified atom stereocenters. The van der Waals surface area contributed by atoms with E-state index in [0.717, 1.165) is 19.0 Å². The van der Waals surface area contributed by atoms with Gasteiger partial charge in [-0.15, -0.1) is 0 Å². The molecule has 20 heavy (non-hydrogen) atoms. The molecule has 2 nitrogen and oxygen atoms in total. The second-order valence-corrected chi connectivity index (χ2v) is 6.64. The molecule has 0 aromatic heterocycles. The Bertz CT molecular complexity index is 427. The fourth-order valence-corrected chi connectivity index (χ4v) is 3.57. The zero-order valence-corrected chi connectivity index (χ0v) is 12.4. The van der Waals surface area contributed by atoms with Gasteiger partial charge in [0.05, 0.1) is 0 Å². The van der Waals surface area contributed by atoms with Crippen molar-refractivity contribution in [2.45, 2.75) is 51.0 Å². The average Bonchev–Trinajstić information content (AvgIpc) is 3.33. The Morgan fingerprint density at radius 3 is 2.60 bits per heavy atom. The van der Waals surface area contributed by atoms with Crippen LogP contribution in [0.25, 0.3) is 0 Å². The van der Waals surface area contributed by atoms with Crippen LogP contribution in [-0.2, 0) is 6.54 Å². The third-order valence-electron chi connectivity index (χ3n) is 5.04. The van der Waals surface area contributed by atoms with E-state index in [0.29, 0.717) is 18.4 Å². The summed E-state index contributed by atoms with van der Waals surface area (Å²) in [6, 6.07) is 9.06. The van der Waals surface area contributed by atoms with Gasteiger partial charge in [0.15, 0.2) is 0 Å². The maximum atomic E-state index is 9.45. The summed E-state index contributed by atoms with van der Waals surface area (Å²) < 4.78 is 0. The first-order chi connectivity index (χ1) is 9.86. The molecule has 0 bridgehead atoms. The van der Waals surface area contributed by atoms with Crippen LogP contribution in [-0.4, -0.2) is 18.3 Å². The summed E-state index contributed by atoms with van der Waals surface area (Å²) in [5.41, 5.74) is 2.93. The van der Waals surface area contributed by atoms with Crippen LogP contribution in [0.3, 0.4) is 0 Å². The Morgan fingerprint density at radius 2 is 1.85 bits per heavy atom. The highest BCUT2D eigenvalue weighted by atomic mass is 16.3. The molecule has 0 heterocycles. The summed E-state index contributed by atoms with van der Waals surface area (Å²) in [5, 5.41) is 13.1. The minimum Gasteiger partial charge on any atom is -0.396 e. The molecule has 0 spiro atoms. The number of hydrogen-bond donors (Lipinski definition) is 2. The van der Waals surface area contributed by atoms with Crippen molar-refractivity contribution >= 4 is 0 Å². The van der Waals surface area contributed by atoms with Crippen LogP contribution >= 0.6 is 0 Å². The summed E-state index contributed by atoms with van der Waals surface area (Å²) in [5.74, 6) is 2.03. The first-order valence-electron chi connectivity index (χ1n) is 8.27. The molecule has 2 heteroatoms. The number of nitrogens with one attached hydrogen (secondary N) is 1. The Balaban J connectivity index is 1.48. The molecular weight excluding hydrogens is 246 g/mol. The smallest absolute Gasteiger partial charge is 0.0462 e. The van der Waals surface area contributed by atoms with Gasteiger partial charge < -0.3 is 10.4 Å². The van der Waals surface area contributed by atoms with Gasteiger partial charge in [0.25, 0.3) is 0 Å². The molecule has 0 aliphatic heterocycles. The van der Waals surface area contributed by atoms with E-state index in [9.17, 15) is 5.11 Å². The van der Waals surface area contributed by atoms with Crippen molar-refractivity contribution < 1.29 is 5.11 Å². The van der Waals surface area contributed by atoms with Crippen LogP contribution in [0.2, 0.25) is 0 Å². The van der Waals surface area contributed by atoms with Crippen LogP contribution in [0.15, 0.2) is 24.3 Å². The Labute approximate surface area is 122 Å². The third-order valence-corrected chi connectivity index (χ3v) is 5.04. The molecule has 3 rings (SSSR count). The number of benzene rings is 1. The first-order valence-corrected chi connectivity index (χ1v) is 8.27. The zero-order chi connectivity index (χ0) is 13.8. The predicted molar refractivity (Wildman–Crippen MR) is 82.7 cm³/mol.